The number of nitrogens with zero attached hydrogens (tertiary/aromatic N) is 2. The Bertz CT molecular complexity index is 514. The highest BCUT2D eigenvalue weighted by Gasteiger charge is 2.31. The summed E-state index contributed by atoms with van der Waals surface area (Å²) in [4.78, 5) is 7.77. The van der Waals surface area contributed by atoms with Gasteiger partial charge in [0.25, 0.3) is 0 Å². The van der Waals surface area contributed by atoms with Gasteiger partial charge in [0.2, 0.25) is 0 Å². The standard InChI is InChI=1S/C12H10F3N3O/c13-12(14,15)19-10-3-4-11(18-8-10)17-7-9-2-1-5-16-6-9/h1-6,8H,7H2,(H,17,18). The average molecular weight is 269 g/mol. The van der Waals surface area contributed by atoms with Gasteiger partial charge in [-0.05, 0) is 23.8 Å². The fraction of sp³-hybridized carbons (Fsp3) is 0.167. The Balaban J connectivity index is 1.92. The Morgan fingerprint density at radius 3 is 2.58 bits per heavy atom. The van der Waals surface area contributed by atoms with E-state index in [1.165, 1.54) is 12.1 Å². The molecular weight excluding hydrogens is 259 g/mol. The SMILES string of the molecule is FC(F)(F)Oc1ccc(NCc2cccnc2)nc1. The van der Waals surface area contributed by atoms with Crippen molar-refractivity contribution in [2.75, 3.05) is 5.32 Å². The molecule has 100 valence electrons. The van der Waals surface area contributed by atoms with Crippen molar-refractivity contribution in [1.82, 2.24) is 9.97 Å². The second-order valence-corrected chi connectivity index (χ2v) is 3.64. The van der Waals surface area contributed by atoms with E-state index in [0.29, 0.717) is 12.4 Å². The van der Waals surface area contributed by atoms with Gasteiger partial charge in [0.1, 0.15) is 11.6 Å². The van der Waals surface area contributed by atoms with E-state index in [9.17, 15) is 13.2 Å². The first-order valence-corrected chi connectivity index (χ1v) is 5.37. The molecular formula is C12H10F3N3O. The minimum atomic E-state index is -4.70. The first kappa shape index (κ1) is 13.1. The molecule has 0 unspecified atom stereocenters. The van der Waals surface area contributed by atoms with Crippen LogP contribution in [0.15, 0.2) is 42.9 Å². The maximum Gasteiger partial charge on any atom is 0.573 e. The van der Waals surface area contributed by atoms with Crippen LogP contribution in [-0.2, 0) is 6.54 Å². The maximum atomic E-state index is 11.9. The molecule has 19 heavy (non-hydrogen) atoms. The number of nitrogens with one attached hydrogen (secondary N) is 1. The van der Waals surface area contributed by atoms with Gasteiger partial charge in [-0.1, -0.05) is 6.07 Å². The lowest BCUT2D eigenvalue weighted by Crippen LogP contribution is -2.17. The van der Waals surface area contributed by atoms with Crippen LogP contribution in [0.4, 0.5) is 19.0 Å². The van der Waals surface area contributed by atoms with Crippen LogP contribution in [0.3, 0.4) is 0 Å². The smallest absolute Gasteiger partial charge is 0.404 e. The molecule has 2 aromatic rings. The average Bonchev–Trinajstić information content (AvgIpc) is 2.37. The van der Waals surface area contributed by atoms with E-state index in [0.717, 1.165) is 11.8 Å². The number of anilines is 1. The van der Waals surface area contributed by atoms with Crippen molar-refractivity contribution in [3.8, 4) is 5.75 Å². The quantitative estimate of drug-likeness (QED) is 0.926. The van der Waals surface area contributed by atoms with Crippen molar-refractivity contribution in [3.63, 3.8) is 0 Å². The number of halogens is 3. The molecule has 0 spiro atoms. The van der Waals surface area contributed by atoms with Gasteiger partial charge in [0.15, 0.2) is 0 Å². The van der Waals surface area contributed by atoms with Gasteiger partial charge < -0.3 is 10.1 Å². The van der Waals surface area contributed by atoms with Crippen molar-refractivity contribution in [2.45, 2.75) is 12.9 Å². The highest BCUT2D eigenvalue weighted by Crippen LogP contribution is 2.22. The van der Waals surface area contributed by atoms with Crippen molar-refractivity contribution in [3.05, 3.63) is 48.4 Å². The van der Waals surface area contributed by atoms with Gasteiger partial charge >= 0.3 is 6.36 Å². The maximum absolute atomic E-state index is 11.9. The van der Waals surface area contributed by atoms with E-state index in [2.05, 4.69) is 20.0 Å². The molecule has 1 N–H and O–H groups in total. The van der Waals surface area contributed by atoms with E-state index < -0.39 is 6.36 Å². The molecule has 0 aliphatic rings. The summed E-state index contributed by atoms with van der Waals surface area (Å²) in [5.41, 5.74) is 0.944. The molecule has 0 amide bonds. The Morgan fingerprint density at radius 1 is 1.16 bits per heavy atom. The van der Waals surface area contributed by atoms with Crippen LogP contribution in [0.25, 0.3) is 0 Å². The summed E-state index contributed by atoms with van der Waals surface area (Å²) in [6.07, 6.45) is -0.343. The summed E-state index contributed by atoms with van der Waals surface area (Å²) in [7, 11) is 0. The Labute approximate surface area is 107 Å². The van der Waals surface area contributed by atoms with Crippen LogP contribution >= 0.6 is 0 Å². The molecule has 0 aromatic carbocycles. The largest absolute Gasteiger partial charge is 0.573 e. The van der Waals surface area contributed by atoms with E-state index in [-0.39, 0.29) is 5.75 Å². The number of ether oxygens (including phenoxy) is 1. The zero-order valence-electron chi connectivity index (χ0n) is 9.69. The predicted molar refractivity (Wildman–Crippen MR) is 62.5 cm³/mol. The molecule has 4 nitrogen and oxygen atoms in total. The Kier molecular flexibility index (Phi) is 3.84. The molecule has 0 atom stereocenters. The third-order valence-corrected chi connectivity index (χ3v) is 2.17. The van der Waals surface area contributed by atoms with Crippen LogP contribution < -0.4 is 10.1 Å². The topological polar surface area (TPSA) is 47.0 Å². The van der Waals surface area contributed by atoms with Crippen LogP contribution in [0.2, 0.25) is 0 Å². The highest BCUT2D eigenvalue weighted by atomic mass is 19.4. The predicted octanol–water partition coefficient (Wildman–Crippen LogP) is 2.99. The minimum absolute atomic E-state index is 0.348. The number of hydrogen-bond donors (Lipinski definition) is 1. The van der Waals surface area contributed by atoms with E-state index >= 15 is 0 Å². The first-order valence-electron chi connectivity index (χ1n) is 5.37. The summed E-state index contributed by atoms with van der Waals surface area (Å²) in [6, 6.07) is 6.29. The number of alkyl halides is 3. The fourth-order valence-corrected chi connectivity index (χ4v) is 1.37. The summed E-state index contributed by atoms with van der Waals surface area (Å²) in [5.74, 6) is 0.109. The number of pyridine rings is 2. The molecule has 0 saturated heterocycles. The summed E-state index contributed by atoms with van der Waals surface area (Å²) < 4.78 is 39.5. The molecule has 7 heteroatoms. The zero-order chi connectivity index (χ0) is 13.7. The Hall–Kier alpha value is -2.31. The van der Waals surface area contributed by atoms with E-state index in [1.807, 2.05) is 6.07 Å². The fourth-order valence-electron chi connectivity index (χ4n) is 1.37. The molecule has 0 aliphatic heterocycles. The molecule has 0 saturated carbocycles. The third-order valence-electron chi connectivity index (χ3n) is 2.17. The molecule has 0 aliphatic carbocycles. The normalized spacial score (nSPS) is 11.1. The van der Waals surface area contributed by atoms with Crippen molar-refractivity contribution < 1.29 is 17.9 Å². The summed E-state index contributed by atoms with van der Waals surface area (Å²) in [6.45, 7) is 0.486. The van der Waals surface area contributed by atoms with E-state index in [1.54, 1.807) is 18.5 Å². The van der Waals surface area contributed by atoms with Crippen molar-refractivity contribution in [2.24, 2.45) is 0 Å². The van der Waals surface area contributed by atoms with Gasteiger partial charge in [-0.25, -0.2) is 4.98 Å². The third kappa shape index (κ3) is 4.46. The molecule has 2 rings (SSSR count). The monoisotopic (exact) mass is 269 g/mol. The van der Waals surface area contributed by atoms with Crippen molar-refractivity contribution in [1.29, 1.82) is 0 Å². The second kappa shape index (κ2) is 5.55. The van der Waals surface area contributed by atoms with Crippen LogP contribution in [0.1, 0.15) is 5.56 Å². The van der Waals surface area contributed by atoms with Gasteiger partial charge in [0.05, 0.1) is 6.20 Å². The molecule has 0 bridgehead atoms. The molecule has 2 heterocycles. The number of rotatable bonds is 4. The van der Waals surface area contributed by atoms with Crippen molar-refractivity contribution >= 4 is 5.82 Å². The Morgan fingerprint density at radius 2 is 2.00 bits per heavy atom. The first-order chi connectivity index (χ1) is 9.03. The highest BCUT2D eigenvalue weighted by molar-refractivity contribution is 5.38. The lowest BCUT2D eigenvalue weighted by Gasteiger charge is -2.09. The summed E-state index contributed by atoms with van der Waals surface area (Å²) in [5, 5.41) is 2.96. The summed E-state index contributed by atoms with van der Waals surface area (Å²) >= 11 is 0. The van der Waals surface area contributed by atoms with Crippen LogP contribution in [0.5, 0.6) is 5.75 Å². The number of hydrogen-bond acceptors (Lipinski definition) is 4. The minimum Gasteiger partial charge on any atom is -0.404 e. The molecule has 2 aromatic heterocycles. The van der Waals surface area contributed by atoms with Gasteiger partial charge in [-0.15, -0.1) is 13.2 Å². The van der Waals surface area contributed by atoms with Crippen LogP contribution in [-0.4, -0.2) is 16.3 Å². The van der Waals surface area contributed by atoms with E-state index in [4.69, 9.17) is 0 Å². The lowest BCUT2D eigenvalue weighted by molar-refractivity contribution is -0.274. The lowest BCUT2D eigenvalue weighted by atomic mass is 10.3. The molecule has 0 radical (unpaired) electrons. The van der Waals surface area contributed by atoms with Crippen LogP contribution in [0, 0.1) is 0 Å². The molecule has 0 fully saturated rings. The number of aromatic nitrogens is 2. The zero-order valence-corrected chi connectivity index (χ0v) is 9.69. The van der Waals surface area contributed by atoms with Gasteiger partial charge in [-0.2, -0.15) is 0 Å². The second-order valence-electron chi connectivity index (χ2n) is 3.64. The van der Waals surface area contributed by atoms with Gasteiger partial charge in [-0.3, -0.25) is 4.98 Å². The van der Waals surface area contributed by atoms with Gasteiger partial charge in [0, 0.05) is 18.9 Å².